The van der Waals surface area contributed by atoms with Gasteiger partial charge in [-0.05, 0) is 32.3 Å². The monoisotopic (exact) mass is 250 g/mol. The zero-order valence-corrected chi connectivity index (χ0v) is 10.8. The summed E-state index contributed by atoms with van der Waals surface area (Å²) >= 11 is 0. The molecule has 0 N–H and O–H groups in total. The Labute approximate surface area is 106 Å². The number of epoxide rings is 1. The Morgan fingerprint density at radius 1 is 1.33 bits per heavy atom. The van der Waals surface area contributed by atoms with Gasteiger partial charge in [0.05, 0.1) is 12.0 Å². The van der Waals surface area contributed by atoms with Crippen molar-refractivity contribution < 1.29 is 19.1 Å². The van der Waals surface area contributed by atoms with E-state index in [2.05, 4.69) is 6.92 Å². The van der Waals surface area contributed by atoms with Gasteiger partial charge in [0, 0.05) is 12.3 Å². The standard InChI is InChI=1S/C14H18O4/c1-8-4-3-5-14(2)13(18-14)12-9(6-10(8)15)7-11(16)17-12/h4,9,12-13H,3,5-7H2,1-2H3. The minimum atomic E-state index is -0.225. The number of hydrogen-bond donors (Lipinski definition) is 0. The van der Waals surface area contributed by atoms with Crippen molar-refractivity contribution >= 4 is 11.8 Å². The Balaban J connectivity index is 1.87. The van der Waals surface area contributed by atoms with Gasteiger partial charge >= 0.3 is 5.97 Å². The summed E-state index contributed by atoms with van der Waals surface area (Å²) in [5.74, 6) is -0.0812. The number of ketones is 1. The number of allylic oxidation sites excluding steroid dienone is 2. The lowest BCUT2D eigenvalue weighted by Crippen LogP contribution is -2.30. The topological polar surface area (TPSA) is 55.9 Å². The molecule has 0 spiro atoms. The molecule has 4 atom stereocenters. The van der Waals surface area contributed by atoms with E-state index in [1.54, 1.807) is 0 Å². The molecule has 0 bridgehead atoms. The average Bonchev–Trinajstić information content (AvgIpc) is 2.82. The van der Waals surface area contributed by atoms with E-state index in [1.165, 1.54) is 0 Å². The van der Waals surface area contributed by atoms with Gasteiger partial charge < -0.3 is 9.47 Å². The minimum Gasteiger partial charge on any atom is -0.459 e. The number of rotatable bonds is 0. The highest BCUT2D eigenvalue weighted by Gasteiger charge is 2.60. The van der Waals surface area contributed by atoms with Crippen LogP contribution in [0.15, 0.2) is 11.6 Å². The Bertz CT molecular complexity index is 439. The van der Waals surface area contributed by atoms with Gasteiger partial charge in [0.25, 0.3) is 0 Å². The van der Waals surface area contributed by atoms with Crippen molar-refractivity contribution in [1.29, 1.82) is 0 Å². The third kappa shape index (κ3) is 1.88. The van der Waals surface area contributed by atoms with Gasteiger partial charge in [-0.2, -0.15) is 0 Å². The second-order valence-electron chi connectivity index (χ2n) is 5.82. The lowest BCUT2D eigenvalue weighted by atomic mass is 9.85. The van der Waals surface area contributed by atoms with Crippen LogP contribution in [0.3, 0.4) is 0 Å². The number of Topliss-reactive ketones (excluding diaryl/α,β-unsaturated/α-hetero) is 1. The maximum absolute atomic E-state index is 12.0. The van der Waals surface area contributed by atoms with Crippen LogP contribution in [0, 0.1) is 5.92 Å². The highest BCUT2D eigenvalue weighted by Crippen LogP contribution is 2.48. The molecule has 0 aromatic carbocycles. The number of fused-ring (bicyclic) bond motifs is 3. The first-order valence-electron chi connectivity index (χ1n) is 6.57. The van der Waals surface area contributed by atoms with Crippen LogP contribution in [-0.4, -0.2) is 29.6 Å². The molecule has 4 unspecified atom stereocenters. The second kappa shape index (κ2) is 3.92. The SMILES string of the molecule is CC1=CCCC2(C)OC2C2OC(=O)CC2CC1=O. The molecule has 18 heavy (non-hydrogen) atoms. The predicted octanol–water partition coefficient (Wildman–Crippen LogP) is 1.77. The van der Waals surface area contributed by atoms with Crippen molar-refractivity contribution in [2.45, 2.75) is 57.3 Å². The Morgan fingerprint density at radius 3 is 2.89 bits per heavy atom. The van der Waals surface area contributed by atoms with E-state index in [0.717, 1.165) is 18.4 Å². The molecule has 2 saturated heterocycles. The summed E-state index contributed by atoms with van der Waals surface area (Å²) in [6.45, 7) is 3.91. The first kappa shape index (κ1) is 11.9. The fourth-order valence-corrected chi connectivity index (χ4v) is 3.08. The van der Waals surface area contributed by atoms with E-state index in [1.807, 2.05) is 13.0 Å². The summed E-state index contributed by atoms with van der Waals surface area (Å²) in [6, 6.07) is 0. The van der Waals surface area contributed by atoms with Crippen LogP contribution in [0.25, 0.3) is 0 Å². The Morgan fingerprint density at radius 2 is 2.11 bits per heavy atom. The van der Waals surface area contributed by atoms with Gasteiger partial charge in [-0.3, -0.25) is 9.59 Å². The molecular weight excluding hydrogens is 232 g/mol. The largest absolute Gasteiger partial charge is 0.459 e. The fourth-order valence-electron chi connectivity index (χ4n) is 3.08. The molecule has 4 nitrogen and oxygen atoms in total. The summed E-state index contributed by atoms with van der Waals surface area (Å²) in [6.07, 6.45) is 4.21. The van der Waals surface area contributed by atoms with Crippen molar-refractivity contribution in [3.8, 4) is 0 Å². The zero-order valence-electron chi connectivity index (χ0n) is 10.8. The van der Waals surface area contributed by atoms with E-state index in [4.69, 9.17) is 9.47 Å². The molecule has 0 radical (unpaired) electrons. The molecule has 2 aliphatic heterocycles. The van der Waals surface area contributed by atoms with Crippen molar-refractivity contribution in [3.63, 3.8) is 0 Å². The van der Waals surface area contributed by atoms with Crippen molar-refractivity contribution in [1.82, 2.24) is 0 Å². The van der Waals surface area contributed by atoms with Crippen LogP contribution < -0.4 is 0 Å². The predicted molar refractivity (Wildman–Crippen MR) is 63.9 cm³/mol. The number of carbonyl (C=O) groups excluding carboxylic acids is 2. The smallest absolute Gasteiger partial charge is 0.306 e. The number of carbonyl (C=O) groups is 2. The molecule has 0 amide bonds. The summed E-state index contributed by atoms with van der Waals surface area (Å²) in [5, 5.41) is 0. The zero-order chi connectivity index (χ0) is 12.9. The van der Waals surface area contributed by atoms with Gasteiger partial charge in [-0.15, -0.1) is 0 Å². The van der Waals surface area contributed by atoms with E-state index >= 15 is 0 Å². The van der Waals surface area contributed by atoms with Crippen molar-refractivity contribution in [2.24, 2.45) is 5.92 Å². The molecular formula is C14H18O4. The van der Waals surface area contributed by atoms with Gasteiger partial charge in [0.1, 0.15) is 12.2 Å². The van der Waals surface area contributed by atoms with Crippen molar-refractivity contribution in [3.05, 3.63) is 11.6 Å². The van der Waals surface area contributed by atoms with Gasteiger partial charge in [0.2, 0.25) is 0 Å². The highest BCUT2D eigenvalue weighted by molar-refractivity contribution is 5.95. The summed E-state index contributed by atoms with van der Waals surface area (Å²) in [7, 11) is 0. The second-order valence-corrected chi connectivity index (χ2v) is 5.82. The van der Waals surface area contributed by atoms with E-state index in [-0.39, 0.29) is 35.5 Å². The van der Waals surface area contributed by atoms with Crippen LogP contribution >= 0.6 is 0 Å². The maximum Gasteiger partial charge on any atom is 0.306 e. The third-order valence-corrected chi connectivity index (χ3v) is 4.38. The first-order chi connectivity index (χ1) is 8.49. The number of esters is 1. The molecule has 0 saturated carbocycles. The normalized spacial score (nSPS) is 43.7. The minimum absolute atomic E-state index is 0.0155. The van der Waals surface area contributed by atoms with E-state index in [9.17, 15) is 9.59 Å². The van der Waals surface area contributed by atoms with Gasteiger partial charge in [-0.1, -0.05) is 6.08 Å². The van der Waals surface area contributed by atoms with Crippen LogP contribution in [0.4, 0.5) is 0 Å². The average molecular weight is 250 g/mol. The molecule has 0 aromatic rings. The first-order valence-corrected chi connectivity index (χ1v) is 6.57. The molecule has 1 aliphatic carbocycles. The summed E-state index contributed by atoms with van der Waals surface area (Å²) < 4.78 is 11.1. The maximum atomic E-state index is 12.0. The number of hydrogen-bond acceptors (Lipinski definition) is 4. The van der Waals surface area contributed by atoms with E-state index in [0.29, 0.717) is 12.8 Å². The molecule has 98 valence electrons. The Kier molecular flexibility index (Phi) is 2.59. The Hall–Kier alpha value is -1.16. The quantitative estimate of drug-likeness (QED) is 0.485. The van der Waals surface area contributed by atoms with Gasteiger partial charge in [0.15, 0.2) is 5.78 Å². The van der Waals surface area contributed by atoms with Gasteiger partial charge in [-0.25, -0.2) is 0 Å². The van der Waals surface area contributed by atoms with Crippen molar-refractivity contribution in [2.75, 3.05) is 0 Å². The van der Waals surface area contributed by atoms with Crippen LogP contribution in [0.2, 0.25) is 0 Å². The molecule has 2 fully saturated rings. The molecule has 2 heterocycles. The van der Waals surface area contributed by atoms with Crippen LogP contribution in [0.5, 0.6) is 0 Å². The fraction of sp³-hybridized carbons (Fsp3) is 0.714. The number of ether oxygens (including phenoxy) is 2. The van der Waals surface area contributed by atoms with E-state index < -0.39 is 0 Å². The van der Waals surface area contributed by atoms with Crippen LogP contribution in [-0.2, 0) is 19.1 Å². The van der Waals surface area contributed by atoms with Crippen LogP contribution in [0.1, 0.15) is 39.5 Å². The lowest BCUT2D eigenvalue weighted by molar-refractivity contribution is -0.142. The lowest BCUT2D eigenvalue weighted by Gasteiger charge is -2.18. The molecule has 0 aromatic heterocycles. The highest BCUT2D eigenvalue weighted by atomic mass is 16.6. The summed E-state index contributed by atoms with van der Waals surface area (Å²) in [4.78, 5) is 23.5. The molecule has 3 rings (SSSR count). The molecule has 3 aliphatic rings. The molecule has 4 heteroatoms. The summed E-state index contributed by atoms with van der Waals surface area (Å²) in [5.41, 5.74) is 0.626. The third-order valence-electron chi connectivity index (χ3n) is 4.38.